The van der Waals surface area contributed by atoms with E-state index in [1.165, 1.54) is 0 Å². The highest BCUT2D eigenvalue weighted by Crippen LogP contribution is 2.46. The minimum absolute atomic E-state index is 0.0412. The van der Waals surface area contributed by atoms with Crippen molar-refractivity contribution in [1.82, 2.24) is 0 Å². The summed E-state index contributed by atoms with van der Waals surface area (Å²) in [5.74, 6) is 6.42. The molecule has 16 rings (SSSR count). The maximum absolute atomic E-state index is 7.36. The number of hydrogen-bond acceptors (Lipinski definition) is 16. The molecule has 8 fully saturated rings. The van der Waals surface area contributed by atoms with Crippen LogP contribution in [0.5, 0.6) is 46.0 Å². The van der Waals surface area contributed by atoms with Gasteiger partial charge in [0.05, 0.1) is 52.9 Å². The minimum Gasteiger partial charge on any atom is -0.491 e. The first-order valence-electron chi connectivity index (χ1n) is 36.9. The van der Waals surface area contributed by atoms with E-state index in [0.29, 0.717) is 91.9 Å². The van der Waals surface area contributed by atoms with E-state index in [-0.39, 0.29) is 49.0 Å². The van der Waals surface area contributed by atoms with Crippen LogP contribution in [0.4, 0.5) is 0 Å². The fraction of sp³-hybridized carbons (Fsp3) is 0.448. The summed E-state index contributed by atoms with van der Waals surface area (Å²) in [5.41, 5.74) is 13.3. The van der Waals surface area contributed by atoms with Gasteiger partial charge in [-0.2, -0.15) is 0 Å². The molecule has 8 aromatic rings. The molecule has 0 amide bonds. The second-order valence-corrected chi connectivity index (χ2v) is 31.1. The van der Waals surface area contributed by atoms with E-state index in [2.05, 4.69) is 213 Å². The third kappa shape index (κ3) is 17.0. The van der Waals surface area contributed by atoms with Crippen LogP contribution in [0, 0.1) is 0 Å². The van der Waals surface area contributed by atoms with Crippen LogP contribution in [-0.2, 0) is 78.8 Å². The summed E-state index contributed by atoms with van der Waals surface area (Å²) < 4.78 is 98.6. The van der Waals surface area contributed by atoms with Crippen LogP contribution >= 0.6 is 0 Å². The molecule has 0 N–H and O–H groups in total. The molecule has 0 radical (unpaired) electrons. The van der Waals surface area contributed by atoms with Gasteiger partial charge in [0.1, 0.15) is 135 Å². The first-order valence-corrected chi connectivity index (χ1v) is 36.9. The summed E-state index contributed by atoms with van der Waals surface area (Å²) >= 11 is 0. The van der Waals surface area contributed by atoms with Gasteiger partial charge in [0.25, 0.3) is 0 Å². The number of rotatable bonds is 37. The molecule has 540 valence electrons. The monoisotopic (exact) mass is 1400 g/mol. The molecule has 0 saturated carbocycles. The second-order valence-electron chi connectivity index (χ2n) is 31.1. The lowest BCUT2D eigenvalue weighted by atomic mass is 9.75. The van der Waals surface area contributed by atoms with Gasteiger partial charge in [-0.05, 0) is 139 Å². The van der Waals surface area contributed by atoms with Gasteiger partial charge in [0.15, 0.2) is 0 Å². The highest BCUT2D eigenvalue weighted by molar-refractivity contribution is 5.60. The van der Waals surface area contributed by atoms with E-state index in [4.69, 9.17) is 75.8 Å². The third-order valence-corrected chi connectivity index (χ3v) is 21.7. The van der Waals surface area contributed by atoms with E-state index in [1.807, 2.05) is 0 Å². The van der Waals surface area contributed by atoms with Crippen LogP contribution in [0.1, 0.15) is 140 Å². The van der Waals surface area contributed by atoms with Crippen LogP contribution in [0.25, 0.3) is 0 Å². The Labute approximate surface area is 605 Å². The lowest BCUT2D eigenvalue weighted by Gasteiger charge is -2.31. The molecule has 8 aliphatic rings. The Morgan fingerprint density at radius 2 is 0.515 bits per heavy atom. The molecule has 8 saturated heterocycles. The molecule has 0 spiro atoms. The largest absolute Gasteiger partial charge is 0.491 e. The molecule has 103 heavy (non-hydrogen) atoms. The Balaban J connectivity index is 0.840. The van der Waals surface area contributed by atoms with Crippen molar-refractivity contribution in [3.8, 4) is 46.0 Å². The molecule has 0 bridgehead atoms. The number of hydrogen-bond donors (Lipinski definition) is 0. The van der Waals surface area contributed by atoms with Crippen molar-refractivity contribution in [1.29, 1.82) is 0 Å². The van der Waals surface area contributed by atoms with Gasteiger partial charge in [0.2, 0.25) is 6.29 Å². The Bertz CT molecular complexity index is 4260. The highest BCUT2D eigenvalue weighted by atomic mass is 16.7. The van der Waals surface area contributed by atoms with Crippen molar-refractivity contribution in [2.24, 2.45) is 0 Å². The first kappa shape index (κ1) is 69.2. The lowest BCUT2D eigenvalue weighted by Crippen LogP contribution is -2.32. The zero-order chi connectivity index (χ0) is 70.5. The van der Waals surface area contributed by atoms with Crippen molar-refractivity contribution in [2.45, 2.75) is 152 Å². The SMILES string of the molecule is CC(C)(c1ccc(OCC2CO2)cc1)c1ccc(OCC2CO2)c(Cc2cc(C(C)(C)c3ccc(OCC4CO4)cc3)cc(Cc3cc(C(C)(C)c4ccc(OCC5CO5)cc4)cc(Cc4cc(C(C)(C)c5ccc(OC6CCO6)cc5)ccc4OCC4CO4)c3OCC3CO3)c2OCC2CO2)c1. The van der Waals surface area contributed by atoms with Gasteiger partial charge in [-0.1, -0.05) is 152 Å². The molecule has 8 heterocycles. The van der Waals surface area contributed by atoms with Crippen LogP contribution in [0.2, 0.25) is 0 Å². The zero-order valence-corrected chi connectivity index (χ0v) is 60.6. The Morgan fingerprint density at radius 3 is 0.796 bits per heavy atom. The zero-order valence-electron chi connectivity index (χ0n) is 60.6. The number of benzene rings is 8. The predicted molar refractivity (Wildman–Crippen MR) is 390 cm³/mol. The van der Waals surface area contributed by atoms with E-state index in [1.54, 1.807) is 0 Å². The predicted octanol–water partition coefficient (Wildman–Crippen LogP) is 14.3. The van der Waals surface area contributed by atoms with Crippen LogP contribution in [0.3, 0.4) is 0 Å². The summed E-state index contributed by atoms with van der Waals surface area (Å²) in [6, 6.07) is 56.9. The Kier molecular flexibility index (Phi) is 19.5. The summed E-state index contributed by atoms with van der Waals surface area (Å²) in [5, 5.41) is 0. The summed E-state index contributed by atoms with van der Waals surface area (Å²) in [7, 11) is 0. The molecule has 16 nitrogen and oxygen atoms in total. The molecule has 16 heteroatoms. The molecule has 8 aliphatic heterocycles. The van der Waals surface area contributed by atoms with Crippen molar-refractivity contribution < 1.29 is 75.8 Å². The number of epoxide rings is 7. The van der Waals surface area contributed by atoms with E-state index in [9.17, 15) is 0 Å². The van der Waals surface area contributed by atoms with Gasteiger partial charge >= 0.3 is 0 Å². The molecule has 0 aromatic heterocycles. The van der Waals surface area contributed by atoms with Gasteiger partial charge in [0, 0.05) is 47.3 Å². The molecule has 8 atom stereocenters. The molecule has 0 aliphatic carbocycles. The first-order chi connectivity index (χ1) is 49.9. The average molecular weight is 1400 g/mol. The maximum atomic E-state index is 7.36. The average Bonchev–Trinajstić information content (AvgIpc) is 1.59. The fourth-order valence-electron chi connectivity index (χ4n) is 13.7. The van der Waals surface area contributed by atoms with E-state index >= 15 is 0 Å². The van der Waals surface area contributed by atoms with Crippen LogP contribution in [0.15, 0.2) is 158 Å². The van der Waals surface area contributed by atoms with Crippen molar-refractivity contribution in [2.75, 3.05) is 99.1 Å². The number of ether oxygens (including phenoxy) is 16. The third-order valence-electron chi connectivity index (χ3n) is 21.7. The normalized spacial score (nSPS) is 22.1. The van der Waals surface area contributed by atoms with Crippen LogP contribution < -0.4 is 37.9 Å². The van der Waals surface area contributed by atoms with Crippen molar-refractivity contribution >= 4 is 0 Å². The van der Waals surface area contributed by atoms with Gasteiger partial charge in [-0.3, -0.25) is 0 Å². The summed E-state index contributed by atoms with van der Waals surface area (Å²) in [6.07, 6.45) is 2.53. The Hall–Kier alpha value is -8.16. The summed E-state index contributed by atoms with van der Waals surface area (Å²) in [4.78, 5) is 0. The second kappa shape index (κ2) is 29.1. The van der Waals surface area contributed by atoms with Crippen molar-refractivity contribution in [3.05, 3.63) is 236 Å². The van der Waals surface area contributed by atoms with Gasteiger partial charge in [-0.25, -0.2) is 0 Å². The van der Waals surface area contributed by atoms with E-state index in [0.717, 1.165) is 157 Å². The maximum Gasteiger partial charge on any atom is 0.202 e. The molecule has 8 unspecified atom stereocenters. The Morgan fingerprint density at radius 1 is 0.272 bits per heavy atom. The molecular formula is C87H96O16. The van der Waals surface area contributed by atoms with Gasteiger partial charge < -0.3 is 75.8 Å². The quantitative estimate of drug-likeness (QED) is 0.0337. The molecular weight excluding hydrogens is 1300 g/mol. The summed E-state index contributed by atoms with van der Waals surface area (Å²) in [6.45, 7) is 27.1. The highest BCUT2D eigenvalue weighted by Gasteiger charge is 2.36. The van der Waals surface area contributed by atoms with Gasteiger partial charge in [-0.15, -0.1) is 0 Å². The fourth-order valence-corrected chi connectivity index (χ4v) is 13.7. The topological polar surface area (TPSA) is 171 Å². The van der Waals surface area contributed by atoms with Crippen molar-refractivity contribution in [3.63, 3.8) is 0 Å². The van der Waals surface area contributed by atoms with E-state index < -0.39 is 21.7 Å². The standard InChI is InChI=1S/C87H96O16/c1-84(2,60-9-19-68(20-10-60)89-40-72-43-92-72)64-17-27-79(99-50-75-46-95-75)54(34-64)31-56-36-66(86(5,6)62-11-21-69(22-12-62)90-41-73-44-93-73)38-58(82(56)101-52-77-48-97-77)33-59-39-67(87(7,8)63-13-23-70(24-14-63)91-42-74-45-94-74)37-57(83(59)102-53-78-49-98-78)32-55-35-65(18-28-80(55)100-51-76-47-96-76)85(3,4)61-15-25-71(26-16-61)103-81-29-30-88-81/h9-28,34-39,72-78,81H,29-33,40-53H2,1-8H3. The smallest absolute Gasteiger partial charge is 0.202 e. The lowest BCUT2D eigenvalue weighted by molar-refractivity contribution is -0.165. The van der Waals surface area contributed by atoms with Crippen LogP contribution in [-0.4, -0.2) is 148 Å². The minimum atomic E-state index is -0.534. The molecule has 8 aromatic carbocycles.